The molecule has 0 aliphatic rings. The lowest BCUT2D eigenvalue weighted by atomic mass is 10.2. The van der Waals surface area contributed by atoms with Crippen LogP contribution in [-0.2, 0) is 4.74 Å². The number of anilines is 2. The Morgan fingerprint density at radius 3 is 2.36 bits per heavy atom. The maximum Gasteiger partial charge on any atom is 0.357 e. The average Bonchev–Trinajstić information content (AvgIpc) is 2.41. The van der Waals surface area contributed by atoms with Crippen LogP contribution in [0.3, 0.4) is 0 Å². The molecule has 22 heavy (non-hydrogen) atoms. The van der Waals surface area contributed by atoms with E-state index in [1.807, 2.05) is 0 Å². The maximum atomic E-state index is 12.0. The minimum absolute atomic E-state index is 0.177. The van der Waals surface area contributed by atoms with E-state index in [1.165, 1.54) is 12.3 Å². The number of pyridine rings is 1. The summed E-state index contributed by atoms with van der Waals surface area (Å²) in [7, 11) is 0. The van der Waals surface area contributed by atoms with E-state index in [1.54, 1.807) is 45.0 Å². The number of hydrogen-bond donors (Lipinski definition) is 2. The van der Waals surface area contributed by atoms with E-state index in [9.17, 15) is 4.79 Å². The highest BCUT2D eigenvalue weighted by molar-refractivity contribution is 5.87. The lowest BCUT2D eigenvalue weighted by Gasteiger charge is -2.19. The summed E-state index contributed by atoms with van der Waals surface area (Å²) in [5.74, 6) is 0.475. The predicted molar refractivity (Wildman–Crippen MR) is 84.7 cm³/mol. The van der Waals surface area contributed by atoms with Gasteiger partial charge in [0.2, 0.25) is 0 Å². The Labute approximate surface area is 129 Å². The van der Waals surface area contributed by atoms with Crippen molar-refractivity contribution in [2.75, 3.05) is 11.5 Å². The van der Waals surface area contributed by atoms with E-state index in [0.717, 1.165) is 0 Å². The first-order valence-electron chi connectivity index (χ1n) is 6.77. The van der Waals surface area contributed by atoms with Crippen LogP contribution >= 0.6 is 0 Å². The summed E-state index contributed by atoms with van der Waals surface area (Å²) in [6.45, 7) is 5.38. The second-order valence-corrected chi connectivity index (χ2v) is 5.77. The van der Waals surface area contributed by atoms with Crippen LogP contribution in [0.5, 0.6) is 11.5 Å². The molecule has 0 unspecified atom stereocenters. The largest absolute Gasteiger partial charge is 0.457 e. The smallest absolute Gasteiger partial charge is 0.357 e. The minimum Gasteiger partial charge on any atom is -0.457 e. The molecule has 0 amide bonds. The van der Waals surface area contributed by atoms with E-state index >= 15 is 0 Å². The summed E-state index contributed by atoms with van der Waals surface area (Å²) in [5.41, 5.74) is 11.9. The predicted octanol–water partition coefficient (Wildman–Crippen LogP) is 2.99. The van der Waals surface area contributed by atoms with Gasteiger partial charge in [-0.25, -0.2) is 9.78 Å². The van der Waals surface area contributed by atoms with Crippen molar-refractivity contribution >= 4 is 17.3 Å². The Morgan fingerprint density at radius 2 is 1.73 bits per heavy atom. The molecule has 6 nitrogen and oxygen atoms in total. The Balaban J connectivity index is 2.17. The fourth-order valence-electron chi connectivity index (χ4n) is 1.67. The molecule has 1 heterocycles. The molecule has 0 saturated heterocycles. The van der Waals surface area contributed by atoms with Gasteiger partial charge in [-0.1, -0.05) is 0 Å². The third-order valence-electron chi connectivity index (χ3n) is 2.63. The van der Waals surface area contributed by atoms with Gasteiger partial charge < -0.3 is 20.9 Å². The molecule has 0 fully saturated rings. The Morgan fingerprint density at radius 1 is 1.05 bits per heavy atom. The highest BCUT2D eigenvalue weighted by atomic mass is 16.6. The summed E-state index contributed by atoms with van der Waals surface area (Å²) in [6, 6.07) is 8.11. The lowest BCUT2D eigenvalue weighted by Crippen LogP contribution is -2.24. The summed E-state index contributed by atoms with van der Waals surface area (Å²) >= 11 is 0. The first-order valence-corrected chi connectivity index (χ1v) is 6.77. The number of carbonyl (C=O) groups excluding carboxylic acids is 1. The van der Waals surface area contributed by atoms with Crippen LogP contribution in [0.1, 0.15) is 31.3 Å². The highest BCUT2D eigenvalue weighted by Gasteiger charge is 2.19. The van der Waals surface area contributed by atoms with Crippen molar-refractivity contribution in [3.05, 3.63) is 42.2 Å². The van der Waals surface area contributed by atoms with E-state index < -0.39 is 11.6 Å². The van der Waals surface area contributed by atoms with Crippen molar-refractivity contribution < 1.29 is 14.3 Å². The first-order chi connectivity index (χ1) is 10.2. The molecule has 2 rings (SSSR count). The third-order valence-corrected chi connectivity index (χ3v) is 2.63. The molecule has 0 spiro atoms. The van der Waals surface area contributed by atoms with Crippen molar-refractivity contribution in [1.29, 1.82) is 0 Å². The Hall–Kier alpha value is -2.76. The molecule has 6 heteroatoms. The molecule has 116 valence electrons. The average molecular weight is 301 g/mol. The zero-order chi connectivity index (χ0) is 16.3. The number of aromatic nitrogens is 1. The topological polar surface area (TPSA) is 100 Å². The number of rotatable bonds is 3. The van der Waals surface area contributed by atoms with Crippen LogP contribution in [0.15, 0.2) is 36.5 Å². The quantitative estimate of drug-likeness (QED) is 0.667. The van der Waals surface area contributed by atoms with Crippen LogP contribution in [-0.4, -0.2) is 16.6 Å². The second kappa shape index (κ2) is 5.93. The van der Waals surface area contributed by atoms with Gasteiger partial charge in [0.15, 0.2) is 5.69 Å². The fraction of sp³-hybridized carbons (Fsp3) is 0.250. The number of nitrogens with zero attached hydrogens (tertiary/aromatic N) is 1. The van der Waals surface area contributed by atoms with E-state index in [-0.39, 0.29) is 5.69 Å². The number of esters is 1. The number of nitrogen functional groups attached to an aromatic ring is 2. The van der Waals surface area contributed by atoms with Gasteiger partial charge >= 0.3 is 5.97 Å². The standard InChI is InChI=1S/C16H19N3O3/c1-16(2,3)22-15(20)14-9-11(6-7-19-14)21-10-4-5-12(17)13(18)8-10/h4-9H,17-18H2,1-3H3. The van der Waals surface area contributed by atoms with E-state index in [4.69, 9.17) is 20.9 Å². The molecule has 4 N–H and O–H groups in total. The number of nitrogens with two attached hydrogens (primary N) is 2. The molecule has 0 radical (unpaired) electrons. The van der Waals surface area contributed by atoms with Gasteiger partial charge in [-0.3, -0.25) is 0 Å². The SMILES string of the molecule is CC(C)(C)OC(=O)c1cc(Oc2ccc(N)c(N)c2)ccn1. The van der Waals surface area contributed by atoms with Gasteiger partial charge in [-0.2, -0.15) is 0 Å². The van der Waals surface area contributed by atoms with Crippen LogP contribution in [0.25, 0.3) is 0 Å². The third kappa shape index (κ3) is 4.12. The minimum atomic E-state index is -0.582. The highest BCUT2D eigenvalue weighted by Crippen LogP contribution is 2.26. The van der Waals surface area contributed by atoms with Crippen molar-refractivity contribution in [3.8, 4) is 11.5 Å². The molecule has 0 aliphatic carbocycles. The van der Waals surface area contributed by atoms with Crippen LogP contribution < -0.4 is 16.2 Å². The van der Waals surface area contributed by atoms with Crippen LogP contribution in [0.2, 0.25) is 0 Å². The molecule has 2 aromatic rings. The zero-order valence-electron chi connectivity index (χ0n) is 12.8. The maximum absolute atomic E-state index is 12.0. The Kier molecular flexibility index (Phi) is 4.21. The van der Waals surface area contributed by atoms with Crippen LogP contribution in [0, 0.1) is 0 Å². The number of carbonyl (C=O) groups is 1. The van der Waals surface area contributed by atoms with E-state index in [2.05, 4.69) is 4.98 Å². The number of hydrogen-bond acceptors (Lipinski definition) is 6. The normalized spacial score (nSPS) is 11.0. The van der Waals surface area contributed by atoms with Gasteiger partial charge in [-0.05, 0) is 39.0 Å². The molecule has 0 atom stereocenters. The van der Waals surface area contributed by atoms with Crippen molar-refractivity contribution in [2.24, 2.45) is 0 Å². The zero-order valence-corrected chi connectivity index (χ0v) is 12.8. The van der Waals surface area contributed by atoms with Gasteiger partial charge in [0.1, 0.15) is 17.1 Å². The van der Waals surface area contributed by atoms with Crippen molar-refractivity contribution in [1.82, 2.24) is 4.98 Å². The molecule has 1 aromatic heterocycles. The number of benzene rings is 1. The Bertz CT molecular complexity index is 693. The summed E-state index contributed by atoms with van der Waals surface area (Å²) in [5, 5.41) is 0. The first kappa shape index (κ1) is 15.6. The van der Waals surface area contributed by atoms with Crippen LogP contribution in [0.4, 0.5) is 11.4 Å². The van der Waals surface area contributed by atoms with Gasteiger partial charge in [0.05, 0.1) is 11.4 Å². The van der Waals surface area contributed by atoms with Gasteiger partial charge in [0.25, 0.3) is 0 Å². The molecule has 0 bridgehead atoms. The van der Waals surface area contributed by atoms with Crippen molar-refractivity contribution in [3.63, 3.8) is 0 Å². The lowest BCUT2D eigenvalue weighted by molar-refractivity contribution is 0.00625. The van der Waals surface area contributed by atoms with E-state index in [0.29, 0.717) is 22.9 Å². The summed E-state index contributed by atoms with van der Waals surface area (Å²) < 4.78 is 10.9. The summed E-state index contributed by atoms with van der Waals surface area (Å²) in [4.78, 5) is 16.0. The van der Waals surface area contributed by atoms with Gasteiger partial charge in [0, 0.05) is 18.3 Å². The fourth-order valence-corrected chi connectivity index (χ4v) is 1.67. The van der Waals surface area contributed by atoms with Crippen molar-refractivity contribution in [2.45, 2.75) is 26.4 Å². The number of ether oxygens (including phenoxy) is 2. The molecular weight excluding hydrogens is 282 g/mol. The molecule has 0 saturated carbocycles. The summed E-state index contributed by atoms with van der Waals surface area (Å²) in [6.07, 6.45) is 1.48. The molecule has 0 aliphatic heterocycles. The second-order valence-electron chi connectivity index (χ2n) is 5.77. The van der Waals surface area contributed by atoms with Gasteiger partial charge in [-0.15, -0.1) is 0 Å². The molecule has 1 aromatic carbocycles. The molecular formula is C16H19N3O3. The monoisotopic (exact) mass is 301 g/mol.